The van der Waals surface area contributed by atoms with Gasteiger partial charge in [-0.2, -0.15) is 5.10 Å². The number of carbonyl (C=O) groups is 2. The summed E-state index contributed by atoms with van der Waals surface area (Å²) in [5.41, 5.74) is 1.88. The Labute approximate surface area is 187 Å². The zero-order valence-electron chi connectivity index (χ0n) is 17.7. The summed E-state index contributed by atoms with van der Waals surface area (Å²) in [4.78, 5) is 32.0. The molecule has 0 spiro atoms. The molecule has 4 heterocycles. The number of hydrogen-bond donors (Lipinski definition) is 1. The highest BCUT2D eigenvalue weighted by molar-refractivity contribution is 6.11. The zero-order chi connectivity index (χ0) is 22.9. The topological polar surface area (TPSA) is 107 Å². The number of pyridine rings is 1. The van der Waals surface area contributed by atoms with Crippen LogP contribution in [-0.4, -0.2) is 67.4 Å². The lowest BCUT2D eigenvalue weighted by molar-refractivity contribution is 0.0302. The van der Waals surface area contributed by atoms with Crippen LogP contribution in [0.1, 0.15) is 20.8 Å². The van der Waals surface area contributed by atoms with Crippen LogP contribution in [0, 0.1) is 5.82 Å². The number of nitrogens with zero attached hydrogens (tertiary/aromatic N) is 6. The van der Waals surface area contributed by atoms with E-state index in [0.29, 0.717) is 49.0 Å². The highest BCUT2D eigenvalue weighted by atomic mass is 19.1. The summed E-state index contributed by atoms with van der Waals surface area (Å²) in [5, 5.41) is 11.3. The molecule has 11 heteroatoms. The highest BCUT2D eigenvalue weighted by Gasteiger charge is 2.27. The van der Waals surface area contributed by atoms with Crippen LogP contribution in [0.4, 0.5) is 10.1 Å². The monoisotopic (exact) mass is 449 g/mol. The number of ether oxygens (including phenoxy) is 1. The first-order chi connectivity index (χ1) is 16.0. The van der Waals surface area contributed by atoms with Gasteiger partial charge >= 0.3 is 0 Å². The van der Waals surface area contributed by atoms with Crippen LogP contribution in [0.3, 0.4) is 0 Å². The van der Waals surface area contributed by atoms with Crippen LogP contribution in [0.25, 0.3) is 17.0 Å². The molecule has 1 saturated heterocycles. The second-order valence-electron chi connectivity index (χ2n) is 7.55. The van der Waals surface area contributed by atoms with Crippen molar-refractivity contribution >= 4 is 23.1 Å². The first kappa shape index (κ1) is 20.8. The molecular formula is C22H20FN7O3. The number of aromatic nitrogens is 5. The van der Waals surface area contributed by atoms with Gasteiger partial charge in [0.25, 0.3) is 11.8 Å². The van der Waals surface area contributed by atoms with Crippen molar-refractivity contribution in [1.82, 2.24) is 29.3 Å². The summed E-state index contributed by atoms with van der Waals surface area (Å²) in [7, 11) is 1.61. The van der Waals surface area contributed by atoms with E-state index < -0.39 is 5.91 Å². The number of anilines is 1. The molecule has 0 unspecified atom stereocenters. The standard InChI is InChI=1S/C22H20FN7O3/c1-28-19(17(13-24-28)22(32)29-7-9-33-10-8-29)21(31)25-16-5-6-30-18(12-16)26-20(27-30)14-3-2-4-15(23)11-14/h2-6,11-13H,7-10H2,1H3,(H,25,31). The third-order valence-electron chi connectivity index (χ3n) is 5.36. The second-order valence-corrected chi connectivity index (χ2v) is 7.55. The SMILES string of the molecule is Cn1ncc(C(=O)N2CCOCC2)c1C(=O)Nc1ccn2nc(-c3cccc(F)c3)nc2c1. The van der Waals surface area contributed by atoms with E-state index in [1.165, 1.54) is 27.5 Å². The van der Waals surface area contributed by atoms with E-state index in [1.54, 1.807) is 42.4 Å². The van der Waals surface area contributed by atoms with Crippen molar-refractivity contribution in [3.8, 4) is 11.4 Å². The van der Waals surface area contributed by atoms with Gasteiger partial charge in [0.2, 0.25) is 0 Å². The van der Waals surface area contributed by atoms with Gasteiger partial charge < -0.3 is 15.0 Å². The number of hydrogen-bond acceptors (Lipinski definition) is 6. The molecule has 1 aliphatic heterocycles. The molecule has 0 saturated carbocycles. The summed E-state index contributed by atoms with van der Waals surface area (Å²) < 4.78 is 21.7. The molecule has 5 rings (SSSR count). The number of rotatable bonds is 4. The van der Waals surface area contributed by atoms with Crippen LogP contribution >= 0.6 is 0 Å². The van der Waals surface area contributed by atoms with E-state index in [2.05, 4.69) is 20.5 Å². The molecule has 3 aromatic heterocycles. The molecule has 0 aliphatic carbocycles. The molecule has 0 radical (unpaired) electrons. The highest BCUT2D eigenvalue weighted by Crippen LogP contribution is 2.20. The van der Waals surface area contributed by atoms with E-state index >= 15 is 0 Å². The fourth-order valence-corrected chi connectivity index (χ4v) is 3.70. The Morgan fingerprint density at radius 2 is 1.97 bits per heavy atom. The number of benzene rings is 1. The van der Waals surface area contributed by atoms with Gasteiger partial charge in [0.15, 0.2) is 11.5 Å². The average Bonchev–Trinajstić information content (AvgIpc) is 3.42. The van der Waals surface area contributed by atoms with Crippen LogP contribution in [0.2, 0.25) is 0 Å². The molecule has 0 atom stereocenters. The molecule has 2 amide bonds. The van der Waals surface area contributed by atoms with Crippen molar-refractivity contribution in [3.63, 3.8) is 0 Å². The summed E-state index contributed by atoms with van der Waals surface area (Å²) in [6, 6.07) is 9.32. The van der Waals surface area contributed by atoms with Crippen LogP contribution < -0.4 is 5.32 Å². The van der Waals surface area contributed by atoms with Gasteiger partial charge in [0.1, 0.15) is 11.5 Å². The summed E-state index contributed by atoms with van der Waals surface area (Å²) in [5.74, 6) is -0.744. The number of nitrogens with one attached hydrogen (secondary N) is 1. The first-order valence-electron chi connectivity index (χ1n) is 10.3. The smallest absolute Gasteiger partial charge is 0.274 e. The minimum absolute atomic E-state index is 0.160. The summed E-state index contributed by atoms with van der Waals surface area (Å²) in [6.45, 7) is 1.85. The Morgan fingerprint density at radius 1 is 1.15 bits per heavy atom. The number of aryl methyl sites for hydroxylation is 1. The van der Waals surface area contributed by atoms with Gasteiger partial charge in [-0.05, 0) is 18.2 Å². The number of halogens is 1. The maximum atomic E-state index is 13.5. The Morgan fingerprint density at radius 3 is 2.76 bits per heavy atom. The van der Waals surface area contributed by atoms with E-state index in [-0.39, 0.29) is 23.0 Å². The molecule has 33 heavy (non-hydrogen) atoms. The number of carbonyl (C=O) groups excluding carboxylic acids is 2. The number of fused-ring (bicyclic) bond motifs is 1. The van der Waals surface area contributed by atoms with Crippen molar-refractivity contribution in [3.05, 3.63) is 65.9 Å². The van der Waals surface area contributed by atoms with Crippen LogP contribution in [0.15, 0.2) is 48.8 Å². The predicted molar refractivity (Wildman–Crippen MR) is 116 cm³/mol. The maximum absolute atomic E-state index is 13.5. The van der Waals surface area contributed by atoms with Crippen molar-refractivity contribution in [1.29, 1.82) is 0 Å². The minimum atomic E-state index is -0.471. The van der Waals surface area contributed by atoms with Gasteiger partial charge in [-0.3, -0.25) is 14.3 Å². The molecule has 168 valence electrons. The van der Waals surface area contributed by atoms with Crippen molar-refractivity contribution in [2.75, 3.05) is 31.6 Å². The Hall–Kier alpha value is -4.12. The van der Waals surface area contributed by atoms with Crippen LogP contribution in [0.5, 0.6) is 0 Å². The quantitative estimate of drug-likeness (QED) is 0.511. The van der Waals surface area contributed by atoms with E-state index in [4.69, 9.17) is 4.74 Å². The molecular weight excluding hydrogens is 429 g/mol. The third kappa shape index (κ3) is 4.05. The minimum Gasteiger partial charge on any atom is -0.378 e. The van der Waals surface area contributed by atoms with Crippen molar-refractivity contribution in [2.45, 2.75) is 0 Å². The van der Waals surface area contributed by atoms with Gasteiger partial charge in [-0.1, -0.05) is 12.1 Å². The molecule has 1 aliphatic rings. The molecule has 1 fully saturated rings. The third-order valence-corrected chi connectivity index (χ3v) is 5.36. The predicted octanol–water partition coefficient (Wildman–Crippen LogP) is 1.99. The van der Waals surface area contributed by atoms with E-state index in [0.717, 1.165) is 0 Å². The molecule has 0 bridgehead atoms. The Balaban J connectivity index is 1.39. The van der Waals surface area contributed by atoms with E-state index in [1.807, 2.05) is 0 Å². The Kier molecular flexibility index (Phi) is 5.31. The Bertz CT molecular complexity index is 1360. The van der Waals surface area contributed by atoms with Gasteiger partial charge in [-0.25, -0.2) is 13.9 Å². The summed E-state index contributed by atoms with van der Waals surface area (Å²) in [6.07, 6.45) is 3.05. The fraction of sp³-hybridized carbons (Fsp3) is 0.227. The van der Waals surface area contributed by atoms with E-state index in [9.17, 15) is 14.0 Å². The lowest BCUT2D eigenvalue weighted by Gasteiger charge is -2.26. The lowest BCUT2D eigenvalue weighted by atomic mass is 10.2. The maximum Gasteiger partial charge on any atom is 0.274 e. The average molecular weight is 449 g/mol. The van der Waals surface area contributed by atoms with Crippen LogP contribution in [-0.2, 0) is 11.8 Å². The second kappa shape index (κ2) is 8.43. The fourth-order valence-electron chi connectivity index (χ4n) is 3.70. The van der Waals surface area contributed by atoms with Crippen molar-refractivity contribution in [2.24, 2.45) is 7.05 Å². The molecule has 10 nitrogen and oxygen atoms in total. The molecule has 1 aromatic carbocycles. The zero-order valence-corrected chi connectivity index (χ0v) is 17.7. The number of morpholine rings is 1. The molecule has 1 N–H and O–H groups in total. The van der Waals surface area contributed by atoms with Gasteiger partial charge in [0, 0.05) is 43.7 Å². The largest absolute Gasteiger partial charge is 0.378 e. The molecule has 4 aromatic rings. The van der Waals surface area contributed by atoms with Gasteiger partial charge in [-0.15, -0.1) is 5.10 Å². The first-order valence-corrected chi connectivity index (χ1v) is 10.3. The normalized spacial score (nSPS) is 13.9. The van der Waals surface area contributed by atoms with Crippen molar-refractivity contribution < 1.29 is 18.7 Å². The number of amides is 2. The lowest BCUT2D eigenvalue weighted by Crippen LogP contribution is -2.41. The summed E-state index contributed by atoms with van der Waals surface area (Å²) >= 11 is 0. The van der Waals surface area contributed by atoms with Gasteiger partial charge in [0.05, 0.1) is 25.0 Å².